The molecule has 1 aromatic rings. The van der Waals surface area contributed by atoms with Gasteiger partial charge in [-0.1, -0.05) is 50.3 Å². The highest BCUT2D eigenvalue weighted by Gasteiger charge is 2.21. The molecular formula is C21H32O3. The van der Waals surface area contributed by atoms with Crippen molar-refractivity contribution in [2.75, 3.05) is 13.7 Å². The summed E-state index contributed by atoms with van der Waals surface area (Å²) in [6.45, 7) is 4.97. The maximum absolute atomic E-state index is 9.61. The van der Waals surface area contributed by atoms with Gasteiger partial charge in [-0.2, -0.15) is 0 Å². The van der Waals surface area contributed by atoms with Crippen molar-refractivity contribution in [2.24, 2.45) is 5.92 Å². The van der Waals surface area contributed by atoms with Crippen LogP contribution in [0.5, 0.6) is 11.5 Å². The molecule has 0 radical (unpaired) electrons. The molecule has 3 heteroatoms. The second-order valence-corrected chi connectivity index (χ2v) is 7.45. The van der Waals surface area contributed by atoms with Crippen LogP contribution in [0.2, 0.25) is 0 Å². The van der Waals surface area contributed by atoms with Gasteiger partial charge in [-0.25, -0.2) is 0 Å². The topological polar surface area (TPSA) is 38.7 Å². The Bertz CT molecular complexity index is 528. The number of rotatable bonds is 8. The lowest BCUT2D eigenvalue weighted by molar-refractivity contribution is -0.0124. The van der Waals surface area contributed by atoms with E-state index in [1.807, 2.05) is 24.3 Å². The fourth-order valence-electron chi connectivity index (χ4n) is 3.36. The molecule has 0 unspecified atom stereocenters. The predicted molar refractivity (Wildman–Crippen MR) is 99.5 cm³/mol. The molecule has 1 aliphatic rings. The van der Waals surface area contributed by atoms with Crippen LogP contribution in [0.25, 0.3) is 6.08 Å². The number of hydrogen-bond donors (Lipinski definition) is 1. The molecule has 1 fully saturated rings. The Kier molecular flexibility index (Phi) is 7.16. The molecule has 0 saturated heterocycles. The van der Waals surface area contributed by atoms with Gasteiger partial charge in [0.15, 0.2) is 11.5 Å². The standard InChI is InChI=1S/C21H32O3/c1-21(2,14-13-17-8-5-4-6-9-17)24-15-7-10-18-11-12-19(22)20(16-18)23-3/h7,10-12,16-17,22H,4-6,8-9,13-15H2,1-3H3/b10-7+. The van der Waals surface area contributed by atoms with Gasteiger partial charge in [0.2, 0.25) is 0 Å². The zero-order chi connectivity index (χ0) is 17.4. The average molecular weight is 332 g/mol. The highest BCUT2D eigenvalue weighted by Crippen LogP contribution is 2.30. The van der Waals surface area contributed by atoms with Crippen LogP contribution in [0.1, 0.15) is 64.4 Å². The lowest BCUT2D eigenvalue weighted by Crippen LogP contribution is -2.25. The van der Waals surface area contributed by atoms with E-state index in [4.69, 9.17) is 9.47 Å². The first-order chi connectivity index (χ1) is 11.5. The normalized spacial score (nSPS) is 16.6. The van der Waals surface area contributed by atoms with E-state index >= 15 is 0 Å². The first-order valence-corrected chi connectivity index (χ1v) is 9.18. The number of ether oxygens (including phenoxy) is 2. The van der Waals surface area contributed by atoms with Gasteiger partial charge < -0.3 is 14.6 Å². The summed E-state index contributed by atoms with van der Waals surface area (Å²) in [6.07, 6.45) is 13.5. The molecular weight excluding hydrogens is 300 g/mol. The minimum atomic E-state index is -0.0750. The van der Waals surface area contributed by atoms with Gasteiger partial charge in [0, 0.05) is 0 Å². The van der Waals surface area contributed by atoms with Crippen LogP contribution in [0.4, 0.5) is 0 Å². The van der Waals surface area contributed by atoms with Gasteiger partial charge >= 0.3 is 0 Å². The first-order valence-electron chi connectivity index (χ1n) is 9.18. The van der Waals surface area contributed by atoms with Crippen molar-refractivity contribution in [3.8, 4) is 11.5 Å². The van der Waals surface area contributed by atoms with E-state index in [1.54, 1.807) is 13.2 Å². The van der Waals surface area contributed by atoms with E-state index in [9.17, 15) is 5.11 Å². The van der Waals surface area contributed by atoms with E-state index in [1.165, 1.54) is 38.5 Å². The van der Waals surface area contributed by atoms with Crippen LogP contribution < -0.4 is 4.74 Å². The smallest absolute Gasteiger partial charge is 0.161 e. The maximum atomic E-state index is 9.61. The van der Waals surface area contributed by atoms with Crippen molar-refractivity contribution in [1.82, 2.24) is 0 Å². The molecule has 134 valence electrons. The van der Waals surface area contributed by atoms with Crippen LogP contribution in [-0.2, 0) is 4.74 Å². The molecule has 0 atom stereocenters. The maximum Gasteiger partial charge on any atom is 0.161 e. The second kappa shape index (κ2) is 9.12. The molecule has 1 saturated carbocycles. The molecule has 0 heterocycles. The molecule has 0 amide bonds. The predicted octanol–water partition coefficient (Wildman–Crippen LogP) is 5.57. The minimum Gasteiger partial charge on any atom is -0.504 e. The summed E-state index contributed by atoms with van der Waals surface area (Å²) >= 11 is 0. The van der Waals surface area contributed by atoms with Crippen molar-refractivity contribution < 1.29 is 14.6 Å². The Labute approximate surface area is 146 Å². The first kappa shape index (κ1) is 18.9. The van der Waals surface area contributed by atoms with Crippen LogP contribution in [0.3, 0.4) is 0 Å². The number of methoxy groups -OCH3 is 1. The van der Waals surface area contributed by atoms with Crippen LogP contribution >= 0.6 is 0 Å². The van der Waals surface area contributed by atoms with Gasteiger partial charge in [-0.15, -0.1) is 0 Å². The quantitative estimate of drug-likeness (QED) is 0.676. The van der Waals surface area contributed by atoms with Crippen LogP contribution in [0.15, 0.2) is 24.3 Å². The molecule has 0 aromatic heterocycles. The van der Waals surface area contributed by atoms with Crippen molar-refractivity contribution in [2.45, 2.75) is 64.4 Å². The summed E-state index contributed by atoms with van der Waals surface area (Å²) in [6, 6.07) is 5.33. The molecule has 0 aliphatic heterocycles. The number of aromatic hydroxyl groups is 1. The Morgan fingerprint density at radius 3 is 2.67 bits per heavy atom. The zero-order valence-electron chi connectivity index (χ0n) is 15.4. The SMILES string of the molecule is COc1cc(/C=C/COC(C)(C)CCC2CCCCC2)ccc1O. The lowest BCUT2D eigenvalue weighted by Gasteiger charge is -2.28. The molecule has 0 spiro atoms. The summed E-state index contributed by atoms with van der Waals surface area (Å²) in [7, 11) is 1.56. The highest BCUT2D eigenvalue weighted by atomic mass is 16.5. The minimum absolute atomic E-state index is 0.0750. The fraction of sp³-hybridized carbons (Fsp3) is 0.619. The Morgan fingerprint density at radius 1 is 1.21 bits per heavy atom. The monoisotopic (exact) mass is 332 g/mol. The third-order valence-corrected chi connectivity index (χ3v) is 4.96. The number of benzene rings is 1. The Balaban J connectivity index is 1.75. The van der Waals surface area contributed by atoms with E-state index < -0.39 is 0 Å². The van der Waals surface area contributed by atoms with Crippen molar-refractivity contribution in [1.29, 1.82) is 0 Å². The third-order valence-electron chi connectivity index (χ3n) is 4.96. The molecule has 2 rings (SSSR count). The Hall–Kier alpha value is -1.48. The van der Waals surface area contributed by atoms with Crippen molar-refractivity contribution >= 4 is 6.08 Å². The van der Waals surface area contributed by atoms with E-state index in [0.29, 0.717) is 12.4 Å². The highest BCUT2D eigenvalue weighted by molar-refractivity contribution is 5.55. The number of phenolic OH excluding ortho intramolecular Hbond substituents is 1. The van der Waals surface area contributed by atoms with E-state index in [0.717, 1.165) is 17.9 Å². The molecule has 24 heavy (non-hydrogen) atoms. The largest absolute Gasteiger partial charge is 0.504 e. The van der Waals surface area contributed by atoms with Crippen molar-refractivity contribution in [3.05, 3.63) is 29.8 Å². The molecule has 3 nitrogen and oxygen atoms in total. The summed E-state index contributed by atoms with van der Waals surface area (Å²) in [4.78, 5) is 0. The van der Waals surface area contributed by atoms with E-state index in [-0.39, 0.29) is 11.4 Å². The summed E-state index contributed by atoms with van der Waals surface area (Å²) in [5.41, 5.74) is 0.919. The van der Waals surface area contributed by atoms with Gasteiger partial charge in [-0.05, 0) is 50.3 Å². The van der Waals surface area contributed by atoms with Gasteiger partial charge in [0.25, 0.3) is 0 Å². The van der Waals surface area contributed by atoms with Gasteiger partial charge in [0.05, 0.1) is 19.3 Å². The van der Waals surface area contributed by atoms with Gasteiger partial charge in [-0.3, -0.25) is 0 Å². The van der Waals surface area contributed by atoms with E-state index in [2.05, 4.69) is 13.8 Å². The Morgan fingerprint density at radius 2 is 1.96 bits per heavy atom. The van der Waals surface area contributed by atoms with Crippen LogP contribution in [-0.4, -0.2) is 24.4 Å². The number of phenols is 1. The summed E-state index contributed by atoms with van der Waals surface area (Å²) in [5.74, 6) is 1.56. The third kappa shape index (κ3) is 6.20. The van der Waals surface area contributed by atoms with Crippen molar-refractivity contribution in [3.63, 3.8) is 0 Å². The summed E-state index contributed by atoms with van der Waals surface area (Å²) < 4.78 is 11.2. The lowest BCUT2D eigenvalue weighted by atomic mass is 9.84. The molecule has 1 aliphatic carbocycles. The fourth-order valence-corrected chi connectivity index (χ4v) is 3.36. The average Bonchev–Trinajstić information content (AvgIpc) is 2.59. The molecule has 1 N–H and O–H groups in total. The number of hydrogen-bond acceptors (Lipinski definition) is 3. The van der Waals surface area contributed by atoms with Crippen LogP contribution in [0, 0.1) is 5.92 Å². The zero-order valence-corrected chi connectivity index (χ0v) is 15.4. The second-order valence-electron chi connectivity index (χ2n) is 7.45. The molecule has 1 aromatic carbocycles. The molecule has 0 bridgehead atoms. The van der Waals surface area contributed by atoms with Gasteiger partial charge in [0.1, 0.15) is 0 Å². The summed E-state index contributed by atoms with van der Waals surface area (Å²) in [5, 5.41) is 9.61.